The highest BCUT2D eigenvalue weighted by atomic mass is 32.2. The lowest BCUT2D eigenvalue weighted by Crippen LogP contribution is -2.19. The molecule has 1 fully saturated rings. The first kappa shape index (κ1) is 15.4. The molecule has 1 saturated carbocycles. The molecule has 0 spiro atoms. The van der Waals surface area contributed by atoms with E-state index in [2.05, 4.69) is 36.4 Å². The maximum Gasteiger partial charge on any atom is 0.136 e. The zero-order chi connectivity index (χ0) is 14.5. The van der Waals surface area contributed by atoms with Crippen molar-refractivity contribution in [1.82, 2.24) is 9.97 Å². The van der Waals surface area contributed by atoms with Gasteiger partial charge in [0.1, 0.15) is 17.5 Å². The Labute approximate surface area is 126 Å². The molecule has 1 atom stereocenters. The van der Waals surface area contributed by atoms with Crippen LogP contribution in [0.4, 0.5) is 11.6 Å². The topological polar surface area (TPSA) is 49.8 Å². The Balaban J connectivity index is 2.07. The maximum absolute atomic E-state index is 4.74. The van der Waals surface area contributed by atoms with Crippen LogP contribution in [0.15, 0.2) is 0 Å². The van der Waals surface area contributed by atoms with Crippen LogP contribution in [0.25, 0.3) is 0 Å². The smallest absolute Gasteiger partial charge is 0.136 e. The van der Waals surface area contributed by atoms with Crippen molar-refractivity contribution in [2.24, 2.45) is 0 Å². The van der Waals surface area contributed by atoms with Crippen molar-refractivity contribution in [3.05, 3.63) is 11.4 Å². The molecule has 0 saturated heterocycles. The molecule has 1 aliphatic carbocycles. The molecule has 0 amide bonds. The van der Waals surface area contributed by atoms with Gasteiger partial charge in [-0.15, -0.1) is 0 Å². The van der Waals surface area contributed by atoms with Crippen molar-refractivity contribution in [2.75, 3.05) is 29.2 Å². The summed E-state index contributed by atoms with van der Waals surface area (Å²) in [5.74, 6) is 5.92. The van der Waals surface area contributed by atoms with E-state index in [0.717, 1.165) is 29.4 Å². The number of anilines is 2. The van der Waals surface area contributed by atoms with Crippen LogP contribution in [0, 0.1) is 6.92 Å². The molecule has 1 heterocycles. The highest BCUT2D eigenvalue weighted by Crippen LogP contribution is 2.39. The Morgan fingerprint density at radius 2 is 2.00 bits per heavy atom. The molecule has 0 aliphatic heterocycles. The lowest BCUT2D eigenvalue weighted by atomic mass is 10.2. The zero-order valence-electron chi connectivity index (χ0n) is 13.0. The predicted octanol–water partition coefficient (Wildman–Crippen LogP) is 3.65. The van der Waals surface area contributed by atoms with E-state index in [4.69, 9.17) is 4.98 Å². The van der Waals surface area contributed by atoms with Crippen LogP contribution < -0.4 is 10.6 Å². The molecule has 0 radical (unpaired) electrons. The molecule has 1 aromatic rings. The van der Waals surface area contributed by atoms with E-state index in [9.17, 15) is 0 Å². The maximum atomic E-state index is 4.74. The monoisotopic (exact) mass is 294 g/mol. The van der Waals surface area contributed by atoms with Gasteiger partial charge in [0.15, 0.2) is 0 Å². The first-order valence-electron chi connectivity index (χ1n) is 7.56. The summed E-state index contributed by atoms with van der Waals surface area (Å²) in [5, 5.41) is 6.75. The highest BCUT2D eigenvalue weighted by Gasteiger charge is 2.28. The number of thioether (sulfide) groups is 1. The third-order valence-electron chi connectivity index (χ3n) is 3.62. The Morgan fingerprint density at radius 3 is 2.60 bits per heavy atom. The van der Waals surface area contributed by atoms with Gasteiger partial charge in [0.25, 0.3) is 0 Å². The second-order valence-electron chi connectivity index (χ2n) is 5.46. The minimum atomic E-state index is 0.444. The molecular weight excluding hydrogens is 268 g/mol. The molecule has 2 rings (SSSR count). The molecule has 20 heavy (non-hydrogen) atoms. The van der Waals surface area contributed by atoms with Crippen LogP contribution in [0.3, 0.4) is 0 Å². The number of rotatable bonds is 8. The van der Waals surface area contributed by atoms with Crippen molar-refractivity contribution in [1.29, 1.82) is 0 Å². The third-order valence-corrected chi connectivity index (χ3v) is 4.56. The molecular formula is C15H26N4S. The fourth-order valence-electron chi connectivity index (χ4n) is 2.15. The van der Waals surface area contributed by atoms with Crippen molar-refractivity contribution >= 4 is 23.4 Å². The quantitative estimate of drug-likeness (QED) is 0.717. The summed E-state index contributed by atoms with van der Waals surface area (Å²) in [6.07, 6.45) is 3.62. The molecule has 1 aromatic heterocycles. The van der Waals surface area contributed by atoms with Gasteiger partial charge in [0, 0.05) is 24.6 Å². The number of nitrogens with one attached hydrogen (secondary N) is 2. The Morgan fingerprint density at radius 1 is 1.30 bits per heavy atom. The molecule has 4 nitrogen and oxygen atoms in total. The van der Waals surface area contributed by atoms with Crippen LogP contribution in [0.1, 0.15) is 50.4 Å². The van der Waals surface area contributed by atoms with E-state index in [0.29, 0.717) is 12.0 Å². The minimum absolute atomic E-state index is 0.444. The number of aromatic nitrogens is 2. The zero-order valence-corrected chi connectivity index (χ0v) is 13.8. The fraction of sp³-hybridized carbons (Fsp3) is 0.733. The number of nitrogens with zero attached hydrogens (tertiary/aromatic N) is 2. The second-order valence-corrected chi connectivity index (χ2v) is 6.85. The summed E-state index contributed by atoms with van der Waals surface area (Å²) >= 11 is 1.99. The van der Waals surface area contributed by atoms with E-state index in [1.165, 1.54) is 24.3 Å². The number of hydrogen-bond acceptors (Lipinski definition) is 5. The number of hydrogen-bond donors (Lipinski definition) is 2. The SMILES string of the molecule is CCSCCC(C)Nc1nc(C2CC2)nc(NC)c1C. The van der Waals surface area contributed by atoms with Gasteiger partial charge in [-0.3, -0.25) is 0 Å². The van der Waals surface area contributed by atoms with Crippen LogP contribution in [0.5, 0.6) is 0 Å². The lowest BCUT2D eigenvalue weighted by Gasteiger charge is -2.18. The summed E-state index contributed by atoms with van der Waals surface area (Å²) < 4.78 is 0. The van der Waals surface area contributed by atoms with Crippen LogP contribution in [-0.2, 0) is 0 Å². The molecule has 1 aliphatic rings. The highest BCUT2D eigenvalue weighted by molar-refractivity contribution is 7.99. The second kappa shape index (κ2) is 7.16. The summed E-state index contributed by atoms with van der Waals surface area (Å²) in [4.78, 5) is 9.37. The van der Waals surface area contributed by atoms with E-state index in [1.54, 1.807) is 0 Å². The lowest BCUT2D eigenvalue weighted by molar-refractivity contribution is 0.760. The van der Waals surface area contributed by atoms with Gasteiger partial charge < -0.3 is 10.6 Å². The van der Waals surface area contributed by atoms with Gasteiger partial charge in [-0.25, -0.2) is 9.97 Å². The first-order chi connectivity index (χ1) is 9.65. The largest absolute Gasteiger partial charge is 0.373 e. The standard InChI is InChI=1S/C15H26N4S/c1-5-20-9-8-10(2)17-14-11(3)13(16-4)18-15(19-14)12-6-7-12/h10,12H,5-9H2,1-4H3,(H2,16,17,18,19). The average molecular weight is 294 g/mol. The van der Waals surface area contributed by atoms with Gasteiger partial charge >= 0.3 is 0 Å². The molecule has 112 valence electrons. The van der Waals surface area contributed by atoms with E-state index in [-0.39, 0.29) is 0 Å². The predicted molar refractivity (Wildman–Crippen MR) is 89.0 cm³/mol. The Kier molecular flexibility index (Phi) is 5.52. The normalized spacial score (nSPS) is 16.0. The Hall–Kier alpha value is -0.970. The molecule has 1 unspecified atom stereocenters. The van der Waals surface area contributed by atoms with E-state index in [1.807, 2.05) is 18.8 Å². The van der Waals surface area contributed by atoms with Crippen LogP contribution in [-0.4, -0.2) is 34.6 Å². The molecule has 2 N–H and O–H groups in total. The first-order valence-corrected chi connectivity index (χ1v) is 8.71. The van der Waals surface area contributed by atoms with E-state index >= 15 is 0 Å². The van der Waals surface area contributed by atoms with Crippen LogP contribution >= 0.6 is 11.8 Å². The average Bonchev–Trinajstić information content (AvgIpc) is 3.26. The van der Waals surface area contributed by atoms with Gasteiger partial charge in [-0.2, -0.15) is 11.8 Å². The summed E-state index contributed by atoms with van der Waals surface area (Å²) in [7, 11) is 1.93. The van der Waals surface area contributed by atoms with Gasteiger partial charge in [-0.05, 0) is 44.6 Å². The van der Waals surface area contributed by atoms with Crippen molar-refractivity contribution in [3.8, 4) is 0 Å². The Bertz CT molecular complexity index is 446. The van der Waals surface area contributed by atoms with Crippen molar-refractivity contribution in [2.45, 2.75) is 52.0 Å². The van der Waals surface area contributed by atoms with Crippen molar-refractivity contribution < 1.29 is 0 Å². The van der Waals surface area contributed by atoms with Gasteiger partial charge in [0.05, 0.1) is 0 Å². The summed E-state index contributed by atoms with van der Waals surface area (Å²) in [5.41, 5.74) is 1.12. The van der Waals surface area contributed by atoms with Crippen molar-refractivity contribution in [3.63, 3.8) is 0 Å². The fourth-order valence-corrected chi connectivity index (χ4v) is 2.96. The minimum Gasteiger partial charge on any atom is -0.373 e. The van der Waals surface area contributed by atoms with Crippen LogP contribution in [0.2, 0.25) is 0 Å². The molecule has 0 bridgehead atoms. The van der Waals surface area contributed by atoms with Gasteiger partial charge in [-0.1, -0.05) is 6.92 Å². The summed E-state index contributed by atoms with van der Waals surface area (Å²) in [6, 6.07) is 0.444. The summed E-state index contributed by atoms with van der Waals surface area (Å²) in [6.45, 7) is 6.52. The molecule has 0 aromatic carbocycles. The molecule has 5 heteroatoms. The van der Waals surface area contributed by atoms with E-state index < -0.39 is 0 Å². The van der Waals surface area contributed by atoms with Gasteiger partial charge in [0.2, 0.25) is 0 Å². The third kappa shape index (κ3) is 4.01.